The maximum Gasteiger partial charge on any atom is 0.255 e. The third-order valence-corrected chi connectivity index (χ3v) is 3.32. The Morgan fingerprint density at radius 3 is 2.53 bits per heavy atom. The highest BCUT2D eigenvalue weighted by molar-refractivity contribution is 6.32. The number of carbonyl (C=O) groups excluding carboxylic acids is 1. The summed E-state index contributed by atoms with van der Waals surface area (Å²) >= 11 is 11.7. The van der Waals surface area contributed by atoms with E-state index in [9.17, 15) is 4.79 Å². The lowest BCUT2D eigenvalue weighted by Gasteiger charge is -2.09. The number of anilines is 1. The molecule has 1 heterocycles. The lowest BCUT2D eigenvalue weighted by Crippen LogP contribution is -2.13. The number of nitrogens with one attached hydrogen (secondary N) is 1. The van der Waals surface area contributed by atoms with Gasteiger partial charge in [0.15, 0.2) is 5.15 Å². The number of carbonyl (C=O) groups is 1. The molecule has 1 aromatic carbocycles. The van der Waals surface area contributed by atoms with Crippen molar-refractivity contribution in [3.63, 3.8) is 0 Å². The molecule has 5 heteroatoms. The molecule has 2 rings (SSSR count). The van der Waals surface area contributed by atoms with E-state index in [2.05, 4.69) is 10.3 Å². The smallest absolute Gasteiger partial charge is 0.255 e. The van der Waals surface area contributed by atoms with Gasteiger partial charge in [0, 0.05) is 17.6 Å². The van der Waals surface area contributed by atoms with Crippen LogP contribution in [0.15, 0.2) is 36.5 Å². The van der Waals surface area contributed by atoms with E-state index in [1.807, 2.05) is 19.1 Å². The van der Waals surface area contributed by atoms with Crippen molar-refractivity contribution in [1.82, 2.24) is 4.98 Å². The summed E-state index contributed by atoms with van der Waals surface area (Å²) in [7, 11) is 0. The molecular formula is C14H12Cl2N2O. The van der Waals surface area contributed by atoms with Gasteiger partial charge in [-0.15, -0.1) is 11.6 Å². The summed E-state index contributed by atoms with van der Waals surface area (Å²) in [6, 6.07) is 8.89. The second-order valence-electron chi connectivity index (χ2n) is 4.08. The third kappa shape index (κ3) is 3.25. The molecule has 19 heavy (non-hydrogen) atoms. The van der Waals surface area contributed by atoms with Gasteiger partial charge >= 0.3 is 0 Å². The fraction of sp³-hybridized carbons (Fsp3) is 0.143. The number of amides is 1. The monoisotopic (exact) mass is 294 g/mol. The molecule has 2 aromatic rings. The lowest BCUT2D eigenvalue weighted by molar-refractivity contribution is 0.102. The van der Waals surface area contributed by atoms with Crippen LogP contribution in [0.4, 0.5) is 5.69 Å². The van der Waals surface area contributed by atoms with Gasteiger partial charge in [-0.25, -0.2) is 4.98 Å². The van der Waals surface area contributed by atoms with Gasteiger partial charge < -0.3 is 5.32 Å². The molecule has 0 saturated heterocycles. The number of aryl methyl sites for hydroxylation is 1. The minimum atomic E-state index is -0.223. The first-order chi connectivity index (χ1) is 9.11. The molecule has 1 N–H and O–H groups in total. The molecule has 0 radical (unpaired) electrons. The number of halogens is 2. The zero-order valence-electron chi connectivity index (χ0n) is 10.3. The van der Waals surface area contributed by atoms with Crippen LogP contribution in [0.5, 0.6) is 0 Å². The number of hydrogen-bond acceptors (Lipinski definition) is 2. The fourth-order valence-corrected chi connectivity index (χ4v) is 2.04. The summed E-state index contributed by atoms with van der Waals surface area (Å²) in [6.45, 7) is 1.86. The van der Waals surface area contributed by atoms with E-state index in [1.54, 1.807) is 24.4 Å². The van der Waals surface area contributed by atoms with Crippen molar-refractivity contribution in [1.29, 1.82) is 0 Å². The van der Waals surface area contributed by atoms with E-state index in [1.165, 1.54) is 0 Å². The van der Waals surface area contributed by atoms with Crippen LogP contribution in [0.2, 0.25) is 5.15 Å². The Labute approximate surface area is 121 Å². The zero-order valence-corrected chi connectivity index (χ0v) is 11.8. The first kappa shape index (κ1) is 13.8. The summed E-state index contributed by atoms with van der Waals surface area (Å²) in [4.78, 5) is 16.0. The predicted octanol–water partition coefficient (Wildman–Crippen LogP) is 4.03. The van der Waals surface area contributed by atoms with E-state index in [-0.39, 0.29) is 11.1 Å². The second-order valence-corrected chi connectivity index (χ2v) is 4.70. The minimum absolute atomic E-state index is 0.223. The van der Waals surface area contributed by atoms with Crippen LogP contribution in [-0.4, -0.2) is 10.9 Å². The average Bonchev–Trinajstić information content (AvgIpc) is 2.43. The SMILES string of the molecule is Cc1ccnc(Cl)c1NC(=O)c1ccc(CCl)cc1. The van der Waals surface area contributed by atoms with E-state index in [0.717, 1.165) is 11.1 Å². The van der Waals surface area contributed by atoms with Crippen LogP contribution in [0, 0.1) is 6.92 Å². The molecule has 0 saturated carbocycles. The van der Waals surface area contributed by atoms with Crippen molar-refractivity contribution in [2.75, 3.05) is 5.32 Å². The van der Waals surface area contributed by atoms with Crippen LogP contribution in [0.3, 0.4) is 0 Å². The van der Waals surface area contributed by atoms with Crippen LogP contribution >= 0.6 is 23.2 Å². The van der Waals surface area contributed by atoms with E-state index >= 15 is 0 Å². The number of benzene rings is 1. The third-order valence-electron chi connectivity index (χ3n) is 2.72. The molecule has 98 valence electrons. The molecule has 1 aromatic heterocycles. The highest BCUT2D eigenvalue weighted by Gasteiger charge is 2.11. The van der Waals surface area contributed by atoms with Gasteiger partial charge in [0.2, 0.25) is 0 Å². The zero-order chi connectivity index (χ0) is 13.8. The van der Waals surface area contributed by atoms with Gasteiger partial charge in [0.1, 0.15) is 0 Å². The summed E-state index contributed by atoms with van der Waals surface area (Å²) in [6.07, 6.45) is 1.60. The highest BCUT2D eigenvalue weighted by atomic mass is 35.5. The van der Waals surface area contributed by atoms with Gasteiger partial charge in [0.05, 0.1) is 5.69 Å². The molecule has 0 unspecified atom stereocenters. The Bertz CT molecular complexity index is 577. The molecule has 0 atom stereocenters. The summed E-state index contributed by atoms with van der Waals surface area (Å²) < 4.78 is 0. The first-order valence-electron chi connectivity index (χ1n) is 5.69. The Morgan fingerprint density at radius 1 is 1.26 bits per heavy atom. The number of alkyl halides is 1. The van der Waals surface area contributed by atoms with Gasteiger partial charge in [-0.05, 0) is 36.2 Å². The van der Waals surface area contributed by atoms with Crippen LogP contribution in [0.1, 0.15) is 21.5 Å². The van der Waals surface area contributed by atoms with Crippen molar-refractivity contribution < 1.29 is 4.79 Å². The van der Waals surface area contributed by atoms with Crippen LogP contribution in [0.25, 0.3) is 0 Å². The summed E-state index contributed by atoms with van der Waals surface area (Å²) in [5.74, 6) is 0.203. The second kappa shape index (κ2) is 6.04. The van der Waals surface area contributed by atoms with Crippen molar-refractivity contribution in [2.45, 2.75) is 12.8 Å². The Morgan fingerprint density at radius 2 is 1.95 bits per heavy atom. The molecule has 0 aliphatic heterocycles. The largest absolute Gasteiger partial charge is 0.319 e. The molecular weight excluding hydrogens is 283 g/mol. The first-order valence-corrected chi connectivity index (χ1v) is 6.60. The van der Waals surface area contributed by atoms with Crippen molar-refractivity contribution >= 4 is 34.8 Å². The highest BCUT2D eigenvalue weighted by Crippen LogP contribution is 2.23. The number of aromatic nitrogens is 1. The molecule has 0 bridgehead atoms. The number of rotatable bonds is 3. The van der Waals surface area contributed by atoms with Gasteiger partial charge in [-0.1, -0.05) is 23.7 Å². The number of hydrogen-bond donors (Lipinski definition) is 1. The number of pyridine rings is 1. The predicted molar refractivity (Wildman–Crippen MR) is 77.9 cm³/mol. The Hall–Kier alpha value is -1.58. The quantitative estimate of drug-likeness (QED) is 0.686. The lowest BCUT2D eigenvalue weighted by atomic mass is 10.1. The van der Waals surface area contributed by atoms with Gasteiger partial charge in [0.25, 0.3) is 5.91 Å². The molecule has 0 aliphatic rings. The molecule has 1 amide bonds. The van der Waals surface area contributed by atoms with E-state index in [4.69, 9.17) is 23.2 Å². The van der Waals surface area contributed by atoms with E-state index in [0.29, 0.717) is 17.1 Å². The summed E-state index contributed by atoms with van der Waals surface area (Å²) in [5.41, 5.74) is 2.92. The molecule has 0 aliphatic carbocycles. The maximum atomic E-state index is 12.1. The normalized spacial score (nSPS) is 10.3. The Kier molecular flexibility index (Phi) is 4.40. The fourth-order valence-electron chi connectivity index (χ4n) is 1.61. The van der Waals surface area contributed by atoms with Crippen molar-refractivity contribution in [3.8, 4) is 0 Å². The minimum Gasteiger partial charge on any atom is -0.319 e. The van der Waals surface area contributed by atoms with Crippen molar-refractivity contribution in [2.24, 2.45) is 0 Å². The molecule has 3 nitrogen and oxygen atoms in total. The van der Waals surface area contributed by atoms with Gasteiger partial charge in [-0.2, -0.15) is 0 Å². The molecule has 0 spiro atoms. The average molecular weight is 295 g/mol. The molecule has 0 fully saturated rings. The topological polar surface area (TPSA) is 42.0 Å². The standard InChI is InChI=1S/C14H12Cl2N2O/c1-9-6-7-17-13(16)12(9)18-14(19)11-4-2-10(8-15)3-5-11/h2-7H,8H2,1H3,(H,18,19). The summed E-state index contributed by atoms with van der Waals surface area (Å²) in [5, 5.41) is 3.05. The Balaban J connectivity index is 2.20. The van der Waals surface area contributed by atoms with E-state index < -0.39 is 0 Å². The van der Waals surface area contributed by atoms with Crippen LogP contribution in [-0.2, 0) is 5.88 Å². The van der Waals surface area contributed by atoms with Gasteiger partial charge in [-0.3, -0.25) is 4.79 Å². The number of nitrogens with zero attached hydrogens (tertiary/aromatic N) is 1. The maximum absolute atomic E-state index is 12.1. The van der Waals surface area contributed by atoms with Crippen LogP contribution < -0.4 is 5.32 Å². The van der Waals surface area contributed by atoms with Crippen molar-refractivity contribution in [3.05, 3.63) is 58.4 Å².